The molecule has 0 unspecified atom stereocenters. The predicted octanol–water partition coefficient (Wildman–Crippen LogP) is 5.24. The highest BCUT2D eigenvalue weighted by atomic mass is 35.5. The number of nitrogens with zero attached hydrogens (tertiary/aromatic N) is 2. The summed E-state index contributed by atoms with van der Waals surface area (Å²) in [5.74, 6) is -1.12. The highest BCUT2D eigenvalue weighted by Crippen LogP contribution is 2.36. The van der Waals surface area contributed by atoms with Crippen LogP contribution in [-0.4, -0.2) is 40.5 Å². The van der Waals surface area contributed by atoms with Crippen LogP contribution in [-0.2, 0) is 22.6 Å². The van der Waals surface area contributed by atoms with Crippen LogP contribution in [0, 0.1) is 0 Å². The van der Waals surface area contributed by atoms with Crippen molar-refractivity contribution in [3.8, 4) is 5.75 Å². The molecular weight excluding hydrogens is 519 g/mol. The molecule has 0 fully saturated rings. The second-order valence-electron chi connectivity index (χ2n) is 8.54. The summed E-state index contributed by atoms with van der Waals surface area (Å²) in [5, 5.41) is 1.08. The summed E-state index contributed by atoms with van der Waals surface area (Å²) in [5.41, 5.74) is 0.409. The van der Waals surface area contributed by atoms with Gasteiger partial charge in [-0.1, -0.05) is 48.7 Å². The molecule has 2 heterocycles. The standard InChI is InChI=1S/C27H26Cl2N2O6/c1-3-5-12-37-24-18-13-20(28)21(29)14-19(18)27(35)30(11-10-23(32)36-4-2)22(24)15-31-25(33)16-8-6-7-9-17(16)26(31)34/h6-9,13-14H,3-5,10-12,15H2,1-2H3. The van der Waals surface area contributed by atoms with Gasteiger partial charge in [0, 0.05) is 11.9 Å². The molecule has 0 saturated heterocycles. The molecule has 194 valence electrons. The first-order valence-corrected chi connectivity index (χ1v) is 12.8. The second kappa shape index (κ2) is 11.4. The minimum atomic E-state index is -0.483. The molecule has 0 aliphatic carbocycles. The van der Waals surface area contributed by atoms with Crippen molar-refractivity contribution < 1.29 is 23.9 Å². The molecule has 0 saturated carbocycles. The first-order valence-electron chi connectivity index (χ1n) is 12.1. The Morgan fingerprint density at radius 1 is 0.946 bits per heavy atom. The molecule has 0 atom stereocenters. The SMILES string of the molecule is CCCCOc1c(CN2C(=O)c3ccccc3C2=O)n(CCC(=O)OCC)c(=O)c2cc(Cl)c(Cl)cc12. The number of benzene rings is 2. The Kier molecular flexibility index (Phi) is 8.19. The number of esters is 1. The molecule has 0 radical (unpaired) electrons. The van der Waals surface area contributed by atoms with Crippen molar-refractivity contribution >= 4 is 51.8 Å². The lowest BCUT2D eigenvalue weighted by atomic mass is 10.1. The van der Waals surface area contributed by atoms with Gasteiger partial charge in [-0.2, -0.15) is 0 Å². The first kappa shape index (κ1) is 26.7. The van der Waals surface area contributed by atoms with E-state index in [1.165, 1.54) is 10.6 Å². The maximum Gasteiger partial charge on any atom is 0.307 e. The lowest BCUT2D eigenvalue weighted by molar-refractivity contribution is -0.143. The summed E-state index contributed by atoms with van der Waals surface area (Å²) in [6.07, 6.45) is 1.50. The van der Waals surface area contributed by atoms with Gasteiger partial charge in [-0.25, -0.2) is 0 Å². The zero-order valence-electron chi connectivity index (χ0n) is 20.5. The highest BCUT2D eigenvalue weighted by molar-refractivity contribution is 6.42. The number of halogens is 2. The number of ether oxygens (including phenoxy) is 2. The van der Waals surface area contributed by atoms with Crippen molar-refractivity contribution in [1.82, 2.24) is 9.47 Å². The van der Waals surface area contributed by atoms with Gasteiger partial charge in [0.15, 0.2) is 0 Å². The van der Waals surface area contributed by atoms with Crippen LogP contribution >= 0.6 is 23.2 Å². The fraction of sp³-hybridized carbons (Fsp3) is 0.333. The number of imide groups is 1. The molecule has 8 nitrogen and oxygen atoms in total. The van der Waals surface area contributed by atoms with Gasteiger partial charge in [-0.15, -0.1) is 0 Å². The van der Waals surface area contributed by atoms with Gasteiger partial charge < -0.3 is 14.0 Å². The van der Waals surface area contributed by atoms with Crippen molar-refractivity contribution in [3.63, 3.8) is 0 Å². The smallest absolute Gasteiger partial charge is 0.307 e. The molecule has 0 bridgehead atoms. The molecule has 1 aliphatic rings. The second-order valence-corrected chi connectivity index (χ2v) is 9.36. The topological polar surface area (TPSA) is 94.9 Å². The molecule has 1 aliphatic heterocycles. The van der Waals surface area contributed by atoms with Gasteiger partial charge in [0.2, 0.25) is 0 Å². The number of fused-ring (bicyclic) bond motifs is 2. The minimum absolute atomic E-state index is 0.0451. The van der Waals surface area contributed by atoms with Crippen LogP contribution < -0.4 is 10.3 Å². The van der Waals surface area contributed by atoms with Crippen molar-refractivity contribution in [2.75, 3.05) is 13.2 Å². The van der Waals surface area contributed by atoms with E-state index in [-0.39, 0.29) is 58.4 Å². The Hall–Kier alpha value is -3.36. The third kappa shape index (κ3) is 5.22. The van der Waals surface area contributed by atoms with Crippen molar-refractivity contribution in [3.05, 3.63) is 73.6 Å². The predicted molar refractivity (Wildman–Crippen MR) is 141 cm³/mol. The fourth-order valence-electron chi connectivity index (χ4n) is 4.30. The molecule has 2 aromatic carbocycles. The monoisotopic (exact) mass is 544 g/mol. The minimum Gasteiger partial charge on any atom is -0.491 e. The Morgan fingerprint density at radius 3 is 2.16 bits per heavy atom. The maximum absolute atomic E-state index is 13.7. The van der Waals surface area contributed by atoms with Gasteiger partial charge in [0.05, 0.1) is 58.4 Å². The summed E-state index contributed by atoms with van der Waals surface area (Å²) in [6.45, 7) is 3.96. The number of unbranched alkanes of at least 4 members (excludes halogenated alkanes) is 1. The number of carbonyl (C=O) groups is 3. The lowest BCUT2D eigenvalue weighted by Crippen LogP contribution is -2.34. The number of aromatic nitrogens is 1. The number of pyridine rings is 1. The molecule has 2 amide bonds. The molecular formula is C27H26Cl2N2O6. The third-order valence-corrected chi connectivity index (χ3v) is 6.87. The first-order chi connectivity index (χ1) is 17.8. The van der Waals surface area contributed by atoms with E-state index in [0.717, 1.165) is 17.7 Å². The van der Waals surface area contributed by atoms with Crippen LogP contribution in [0.5, 0.6) is 5.75 Å². The summed E-state index contributed by atoms with van der Waals surface area (Å²) in [6, 6.07) is 9.55. The fourth-order valence-corrected chi connectivity index (χ4v) is 4.63. The van der Waals surface area contributed by atoms with E-state index in [4.69, 9.17) is 32.7 Å². The molecule has 0 spiro atoms. The van der Waals surface area contributed by atoms with Crippen LogP contribution in [0.4, 0.5) is 0 Å². The summed E-state index contributed by atoms with van der Waals surface area (Å²) in [4.78, 5) is 53.2. The normalized spacial score (nSPS) is 12.8. The van der Waals surface area contributed by atoms with Crippen molar-refractivity contribution in [2.45, 2.75) is 46.2 Å². The third-order valence-electron chi connectivity index (χ3n) is 6.14. The number of amides is 2. The van der Waals surface area contributed by atoms with Crippen LogP contribution in [0.1, 0.15) is 59.5 Å². The van der Waals surface area contributed by atoms with E-state index >= 15 is 0 Å². The van der Waals surface area contributed by atoms with E-state index in [1.54, 1.807) is 37.3 Å². The zero-order valence-corrected chi connectivity index (χ0v) is 22.0. The molecule has 10 heteroatoms. The van der Waals surface area contributed by atoms with Crippen LogP contribution in [0.15, 0.2) is 41.2 Å². The molecule has 1 aromatic heterocycles. The number of rotatable bonds is 10. The van der Waals surface area contributed by atoms with Gasteiger partial charge in [-0.3, -0.25) is 24.1 Å². The quantitative estimate of drug-likeness (QED) is 0.197. The van der Waals surface area contributed by atoms with E-state index in [9.17, 15) is 19.2 Å². The molecule has 37 heavy (non-hydrogen) atoms. The Labute approximate surface area is 223 Å². The van der Waals surface area contributed by atoms with Crippen LogP contribution in [0.25, 0.3) is 10.8 Å². The lowest BCUT2D eigenvalue weighted by Gasteiger charge is -2.23. The van der Waals surface area contributed by atoms with Crippen molar-refractivity contribution in [2.24, 2.45) is 0 Å². The van der Waals surface area contributed by atoms with Gasteiger partial charge in [0.1, 0.15) is 5.75 Å². The largest absolute Gasteiger partial charge is 0.491 e. The van der Waals surface area contributed by atoms with E-state index in [0.29, 0.717) is 17.7 Å². The van der Waals surface area contributed by atoms with Crippen LogP contribution in [0.2, 0.25) is 10.0 Å². The van der Waals surface area contributed by atoms with Gasteiger partial charge in [0.25, 0.3) is 17.4 Å². The van der Waals surface area contributed by atoms with Crippen molar-refractivity contribution in [1.29, 1.82) is 0 Å². The zero-order chi connectivity index (χ0) is 26.7. The summed E-state index contributed by atoms with van der Waals surface area (Å²) in [7, 11) is 0. The van der Waals surface area contributed by atoms with E-state index in [2.05, 4.69) is 0 Å². The van der Waals surface area contributed by atoms with E-state index < -0.39 is 23.3 Å². The molecule has 3 aromatic rings. The summed E-state index contributed by atoms with van der Waals surface area (Å²) >= 11 is 12.5. The number of hydrogen-bond donors (Lipinski definition) is 0. The summed E-state index contributed by atoms with van der Waals surface area (Å²) < 4.78 is 12.6. The number of carbonyl (C=O) groups excluding carboxylic acids is 3. The molecule has 4 rings (SSSR count). The van der Waals surface area contributed by atoms with Crippen LogP contribution in [0.3, 0.4) is 0 Å². The molecule has 0 N–H and O–H groups in total. The Balaban J connectivity index is 1.90. The Bertz CT molecular complexity index is 1410. The number of hydrogen-bond acceptors (Lipinski definition) is 6. The van der Waals surface area contributed by atoms with Gasteiger partial charge >= 0.3 is 5.97 Å². The highest BCUT2D eigenvalue weighted by Gasteiger charge is 2.36. The van der Waals surface area contributed by atoms with Gasteiger partial charge in [-0.05, 0) is 37.6 Å². The average Bonchev–Trinajstić information content (AvgIpc) is 3.12. The Morgan fingerprint density at radius 2 is 1.57 bits per heavy atom. The average molecular weight is 545 g/mol. The van der Waals surface area contributed by atoms with E-state index in [1.807, 2.05) is 6.92 Å². The maximum atomic E-state index is 13.7.